The van der Waals surface area contributed by atoms with Crippen LogP contribution in [0.3, 0.4) is 0 Å². The van der Waals surface area contributed by atoms with E-state index in [-0.39, 0.29) is 0 Å². The normalized spacial score (nSPS) is 11.6. The summed E-state index contributed by atoms with van der Waals surface area (Å²) < 4.78 is 6.96. The lowest BCUT2D eigenvalue weighted by atomic mass is 10.4. The summed E-state index contributed by atoms with van der Waals surface area (Å²) in [4.78, 5) is 4.47. The van der Waals surface area contributed by atoms with E-state index in [0.29, 0.717) is 0 Å². The van der Waals surface area contributed by atoms with Crippen molar-refractivity contribution in [3.8, 4) is 0 Å². The maximum absolute atomic E-state index is 4.94. The highest BCUT2D eigenvalue weighted by Crippen LogP contribution is 2.05. The highest BCUT2D eigenvalue weighted by atomic mass is 16.5. The molecule has 0 saturated heterocycles. The number of aromatic nitrogens is 2. The molecule has 0 aliphatic rings. The second-order valence-corrected chi connectivity index (χ2v) is 3.73. The van der Waals surface area contributed by atoms with Gasteiger partial charge >= 0.3 is 0 Å². The molecule has 0 aliphatic heterocycles. The average Bonchev–Trinajstić information content (AvgIpc) is 2.76. The van der Waals surface area contributed by atoms with Crippen molar-refractivity contribution in [2.24, 2.45) is 0 Å². The Morgan fingerprint density at radius 1 is 1.47 bits per heavy atom. The van der Waals surface area contributed by atoms with Gasteiger partial charge in [0.05, 0.1) is 12.3 Å². The molecule has 2 rings (SSSR count). The second-order valence-electron chi connectivity index (χ2n) is 3.73. The molecule has 0 aromatic carbocycles. The smallest absolute Gasteiger partial charge is 0.137 e. The number of nitrogens with one attached hydrogen (secondary N) is 1. The van der Waals surface area contributed by atoms with Gasteiger partial charge in [-0.1, -0.05) is 12.1 Å². The third-order valence-corrected chi connectivity index (χ3v) is 2.42. The van der Waals surface area contributed by atoms with Gasteiger partial charge in [-0.05, 0) is 18.2 Å². The quantitative estimate of drug-likeness (QED) is 0.767. The molecule has 2 heterocycles. The zero-order valence-electron chi connectivity index (χ0n) is 9.97. The Balaban J connectivity index is 1.87. The van der Waals surface area contributed by atoms with E-state index in [4.69, 9.17) is 4.74 Å². The number of hydrogen-bond acceptors (Lipinski definition) is 3. The number of rotatable bonds is 6. The largest absolute Gasteiger partial charge is 0.383 e. The van der Waals surface area contributed by atoms with E-state index in [1.54, 1.807) is 7.11 Å². The molecular formula is C13H17N3O. The highest BCUT2D eigenvalue weighted by molar-refractivity contribution is 5.51. The summed E-state index contributed by atoms with van der Waals surface area (Å²) in [7, 11) is 1.70. The van der Waals surface area contributed by atoms with E-state index in [1.165, 1.54) is 0 Å². The van der Waals surface area contributed by atoms with Gasteiger partial charge in [-0.25, -0.2) is 4.98 Å². The van der Waals surface area contributed by atoms with Gasteiger partial charge in [0.15, 0.2) is 0 Å². The van der Waals surface area contributed by atoms with Crippen LogP contribution in [0.25, 0.3) is 11.7 Å². The number of hydrogen-bond donors (Lipinski definition) is 1. The molecule has 17 heavy (non-hydrogen) atoms. The van der Waals surface area contributed by atoms with Gasteiger partial charge in [-0.2, -0.15) is 0 Å². The molecule has 0 amide bonds. The van der Waals surface area contributed by atoms with E-state index < -0.39 is 0 Å². The maximum Gasteiger partial charge on any atom is 0.137 e. The van der Waals surface area contributed by atoms with Crippen LogP contribution in [0, 0.1) is 0 Å². The predicted molar refractivity (Wildman–Crippen MR) is 69.0 cm³/mol. The number of ether oxygens (including phenoxy) is 1. The minimum absolute atomic E-state index is 0.738. The molecule has 0 unspecified atom stereocenters. The van der Waals surface area contributed by atoms with Crippen LogP contribution in [-0.4, -0.2) is 36.2 Å². The summed E-state index contributed by atoms with van der Waals surface area (Å²) in [6, 6.07) is 5.98. The Morgan fingerprint density at radius 2 is 2.41 bits per heavy atom. The minimum Gasteiger partial charge on any atom is -0.383 e. The van der Waals surface area contributed by atoms with Gasteiger partial charge in [-0.3, -0.25) is 0 Å². The lowest BCUT2D eigenvalue weighted by Crippen LogP contribution is -2.18. The first kappa shape index (κ1) is 11.8. The van der Waals surface area contributed by atoms with Crippen molar-refractivity contribution in [2.45, 2.75) is 0 Å². The Labute approximate surface area is 101 Å². The summed E-state index contributed by atoms with van der Waals surface area (Å²) in [5, 5.41) is 3.24. The fourth-order valence-corrected chi connectivity index (χ4v) is 1.57. The first-order valence-corrected chi connectivity index (χ1v) is 5.70. The lowest BCUT2D eigenvalue weighted by molar-refractivity contribution is 0.200. The summed E-state index contributed by atoms with van der Waals surface area (Å²) >= 11 is 0. The van der Waals surface area contributed by atoms with Gasteiger partial charge in [0.25, 0.3) is 0 Å². The van der Waals surface area contributed by atoms with Gasteiger partial charge < -0.3 is 14.5 Å². The van der Waals surface area contributed by atoms with Crippen molar-refractivity contribution in [3.63, 3.8) is 0 Å². The van der Waals surface area contributed by atoms with Crippen molar-refractivity contribution in [2.75, 3.05) is 26.8 Å². The van der Waals surface area contributed by atoms with E-state index in [1.807, 2.05) is 41.1 Å². The van der Waals surface area contributed by atoms with E-state index >= 15 is 0 Å². The summed E-state index contributed by atoms with van der Waals surface area (Å²) in [6.45, 7) is 2.44. The van der Waals surface area contributed by atoms with Crippen LogP contribution < -0.4 is 5.32 Å². The van der Waals surface area contributed by atoms with Crippen molar-refractivity contribution < 1.29 is 4.74 Å². The number of methoxy groups -OCH3 is 1. The van der Waals surface area contributed by atoms with Crippen LogP contribution in [0.15, 0.2) is 36.7 Å². The highest BCUT2D eigenvalue weighted by Gasteiger charge is 1.95. The summed E-state index contributed by atoms with van der Waals surface area (Å²) in [6.07, 6.45) is 8.10. The molecule has 4 heteroatoms. The predicted octanol–water partition coefficient (Wildman–Crippen LogP) is 1.58. The Morgan fingerprint density at radius 3 is 3.24 bits per heavy atom. The number of fused-ring (bicyclic) bond motifs is 1. The fourth-order valence-electron chi connectivity index (χ4n) is 1.57. The fraction of sp³-hybridized carbons (Fsp3) is 0.308. The summed E-state index contributed by atoms with van der Waals surface area (Å²) in [5.41, 5.74) is 1.95. The van der Waals surface area contributed by atoms with Crippen LogP contribution >= 0.6 is 0 Å². The first-order valence-electron chi connectivity index (χ1n) is 5.70. The monoisotopic (exact) mass is 231 g/mol. The van der Waals surface area contributed by atoms with Crippen molar-refractivity contribution in [1.82, 2.24) is 14.7 Å². The van der Waals surface area contributed by atoms with E-state index in [9.17, 15) is 0 Å². The molecule has 90 valence electrons. The zero-order chi connectivity index (χ0) is 11.9. The SMILES string of the molecule is COCCNCC=Cc1cn2ccccc2n1. The van der Waals surface area contributed by atoms with Crippen LogP contribution in [0.1, 0.15) is 5.69 Å². The molecule has 4 nitrogen and oxygen atoms in total. The molecular weight excluding hydrogens is 214 g/mol. The molecule has 0 aliphatic carbocycles. The lowest BCUT2D eigenvalue weighted by Gasteiger charge is -1.98. The van der Waals surface area contributed by atoms with E-state index in [0.717, 1.165) is 31.0 Å². The maximum atomic E-state index is 4.94. The van der Waals surface area contributed by atoms with Gasteiger partial charge in [0.1, 0.15) is 5.65 Å². The number of pyridine rings is 1. The van der Waals surface area contributed by atoms with Crippen LogP contribution in [0.4, 0.5) is 0 Å². The van der Waals surface area contributed by atoms with Gasteiger partial charge in [0.2, 0.25) is 0 Å². The van der Waals surface area contributed by atoms with Crippen LogP contribution in [0.2, 0.25) is 0 Å². The molecule has 0 spiro atoms. The molecule has 0 radical (unpaired) electrons. The Bertz CT molecular complexity index is 457. The molecule has 0 bridgehead atoms. The van der Waals surface area contributed by atoms with Crippen molar-refractivity contribution in [1.29, 1.82) is 0 Å². The first-order chi connectivity index (χ1) is 8.40. The Hall–Kier alpha value is -1.65. The van der Waals surface area contributed by atoms with Gasteiger partial charge in [0, 0.05) is 32.6 Å². The molecule has 0 fully saturated rings. The van der Waals surface area contributed by atoms with Crippen LogP contribution in [-0.2, 0) is 4.74 Å². The van der Waals surface area contributed by atoms with Crippen LogP contribution in [0.5, 0.6) is 0 Å². The number of nitrogens with zero attached hydrogens (tertiary/aromatic N) is 2. The zero-order valence-corrected chi connectivity index (χ0v) is 9.97. The molecule has 0 atom stereocenters. The standard InChI is InChI=1S/C13H17N3O/c1-17-10-8-14-7-4-5-12-11-16-9-3-2-6-13(16)15-12/h2-6,9,11,14H,7-8,10H2,1H3. The Kier molecular flexibility index (Phi) is 4.30. The van der Waals surface area contributed by atoms with Gasteiger partial charge in [-0.15, -0.1) is 0 Å². The third-order valence-electron chi connectivity index (χ3n) is 2.42. The molecule has 2 aromatic heterocycles. The molecule has 1 N–H and O–H groups in total. The second kappa shape index (κ2) is 6.18. The average molecular weight is 231 g/mol. The molecule has 2 aromatic rings. The third kappa shape index (κ3) is 3.41. The minimum atomic E-state index is 0.738. The number of imidazole rings is 1. The van der Waals surface area contributed by atoms with Crippen molar-refractivity contribution in [3.05, 3.63) is 42.4 Å². The topological polar surface area (TPSA) is 38.6 Å². The summed E-state index contributed by atoms with van der Waals surface area (Å²) in [5.74, 6) is 0. The van der Waals surface area contributed by atoms with Crippen molar-refractivity contribution >= 4 is 11.7 Å². The molecule has 0 saturated carbocycles. The van der Waals surface area contributed by atoms with E-state index in [2.05, 4.69) is 16.4 Å².